The van der Waals surface area contributed by atoms with Gasteiger partial charge in [0.1, 0.15) is 5.69 Å². The molecule has 6 nitrogen and oxygen atoms in total. The van der Waals surface area contributed by atoms with Gasteiger partial charge in [-0.15, -0.1) is 0 Å². The topological polar surface area (TPSA) is 58.9 Å². The molecule has 3 heterocycles. The van der Waals surface area contributed by atoms with E-state index in [4.69, 9.17) is 0 Å². The molecule has 3 rings (SSSR count). The highest BCUT2D eigenvalue weighted by Crippen LogP contribution is 2.35. The molecule has 1 saturated heterocycles. The highest BCUT2D eigenvalue weighted by atomic mass is 19.4. The zero-order valence-corrected chi connectivity index (χ0v) is 14.2. The number of nitrogens with one attached hydrogen (secondary N) is 1. The van der Waals surface area contributed by atoms with E-state index >= 15 is 0 Å². The van der Waals surface area contributed by atoms with Crippen LogP contribution in [0.1, 0.15) is 30.3 Å². The van der Waals surface area contributed by atoms with Crippen molar-refractivity contribution in [1.82, 2.24) is 24.6 Å². The standard InChI is InChI=1S/C16H21F3N6/c1-24-9-3-4-11(14(24)12-5-8-22-25(12)2)10-21-15-20-7-6-13(23-15)16(17,18)19/h5-8,11,14H,3-4,9-10H2,1-2H3,(H,20,21,23)/t11-,14+/m0/s1. The van der Waals surface area contributed by atoms with Gasteiger partial charge < -0.3 is 5.32 Å². The van der Waals surface area contributed by atoms with Gasteiger partial charge in [0.15, 0.2) is 0 Å². The van der Waals surface area contributed by atoms with Crippen LogP contribution in [0.2, 0.25) is 0 Å². The predicted molar refractivity (Wildman–Crippen MR) is 86.8 cm³/mol. The van der Waals surface area contributed by atoms with E-state index in [0.717, 1.165) is 37.3 Å². The van der Waals surface area contributed by atoms with Crippen LogP contribution < -0.4 is 5.32 Å². The second kappa shape index (κ2) is 6.99. The molecule has 2 aromatic rings. The van der Waals surface area contributed by atoms with Gasteiger partial charge in [0.05, 0.1) is 11.7 Å². The molecular weight excluding hydrogens is 333 g/mol. The van der Waals surface area contributed by atoms with Crippen molar-refractivity contribution < 1.29 is 13.2 Å². The van der Waals surface area contributed by atoms with Crippen LogP contribution in [0.3, 0.4) is 0 Å². The van der Waals surface area contributed by atoms with E-state index in [-0.39, 0.29) is 17.9 Å². The van der Waals surface area contributed by atoms with Crippen LogP contribution >= 0.6 is 0 Å². The third kappa shape index (κ3) is 3.92. The molecule has 25 heavy (non-hydrogen) atoms. The lowest BCUT2D eigenvalue weighted by atomic mass is 9.87. The van der Waals surface area contributed by atoms with Gasteiger partial charge >= 0.3 is 6.18 Å². The average Bonchev–Trinajstić information content (AvgIpc) is 2.98. The Kier molecular flexibility index (Phi) is 4.94. The summed E-state index contributed by atoms with van der Waals surface area (Å²) in [6.45, 7) is 1.48. The van der Waals surface area contributed by atoms with Crippen LogP contribution in [0.5, 0.6) is 0 Å². The van der Waals surface area contributed by atoms with Crippen molar-refractivity contribution >= 4 is 5.95 Å². The van der Waals surface area contributed by atoms with E-state index in [1.165, 1.54) is 0 Å². The Bertz CT molecular complexity index is 714. The second-order valence-electron chi connectivity index (χ2n) is 6.35. The molecule has 9 heteroatoms. The monoisotopic (exact) mass is 354 g/mol. The van der Waals surface area contributed by atoms with Gasteiger partial charge in [-0.3, -0.25) is 9.58 Å². The van der Waals surface area contributed by atoms with Gasteiger partial charge in [-0.1, -0.05) is 0 Å². The van der Waals surface area contributed by atoms with Crippen molar-refractivity contribution in [3.63, 3.8) is 0 Å². The molecule has 2 aromatic heterocycles. The molecule has 1 aliphatic heterocycles. The summed E-state index contributed by atoms with van der Waals surface area (Å²) in [6, 6.07) is 3.01. The fourth-order valence-electron chi connectivity index (χ4n) is 3.44. The molecule has 0 amide bonds. The fraction of sp³-hybridized carbons (Fsp3) is 0.562. The molecule has 136 valence electrons. The number of alkyl halides is 3. The molecule has 0 spiro atoms. The van der Waals surface area contributed by atoms with Crippen LogP contribution in [0.25, 0.3) is 0 Å². The first-order valence-corrected chi connectivity index (χ1v) is 8.18. The zero-order chi connectivity index (χ0) is 18.0. The van der Waals surface area contributed by atoms with Crippen LogP contribution in [0.15, 0.2) is 24.5 Å². The molecule has 0 unspecified atom stereocenters. The minimum atomic E-state index is -4.47. The normalized spacial score (nSPS) is 22.1. The molecule has 0 saturated carbocycles. The molecule has 0 bridgehead atoms. The molecule has 1 fully saturated rings. The van der Waals surface area contributed by atoms with Crippen LogP contribution in [-0.2, 0) is 13.2 Å². The molecule has 0 radical (unpaired) electrons. The maximum Gasteiger partial charge on any atom is 0.433 e. The Morgan fingerprint density at radius 2 is 2.04 bits per heavy atom. The molecular formula is C16H21F3N6. The number of piperidine rings is 1. The summed E-state index contributed by atoms with van der Waals surface area (Å²) in [6.07, 6.45) is 0.441. The SMILES string of the molecule is CN1CCC[C@@H](CNc2nccc(C(F)(F)F)n2)[C@@H]1c1ccnn1C. The number of aromatic nitrogens is 4. The summed E-state index contributed by atoms with van der Waals surface area (Å²) in [7, 11) is 3.96. The van der Waals surface area contributed by atoms with Crippen molar-refractivity contribution in [3.8, 4) is 0 Å². The lowest BCUT2D eigenvalue weighted by Crippen LogP contribution is -2.40. The minimum absolute atomic E-state index is 0.00630. The smallest absolute Gasteiger partial charge is 0.354 e. The number of hydrogen-bond acceptors (Lipinski definition) is 5. The first-order chi connectivity index (χ1) is 11.9. The van der Waals surface area contributed by atoms with Gasteiger partial charge in [0, 0.05) is 26.0 Å². The quantitative estimate of drug-likeness (QED) is 0.915. The molecule has 0 aromatic carbocycles. The molecule has 1 aliphatic rings. The zero-order valence-electron chi connectivity index (χ0n) is 14.2. The van der Waals surface area contributed by atoms with Gasteiger partial charge in [-0.25, -0.2) is 9.97 Å². The Balaban J connectivity index is 1.74. The maximum absolute atomic E-state index is 12.8. The lowest BCUT2D eigenvalue weighted by Gasteiger charge is -2.39. The maximum atomic E-state index is 12.8. The van der Waals surface area contributed by atoms with E-state index < -0.39 is 11.9 Å². The van der Waals surface area contributed by atoms with Crippen LogP contribution in [0.4, 0.5) is 19.1 Å². The Hall–Kier alpha value is -2.16. The van der Waals surface area contributed by atoms with Gasteiger partial charge in [-0.05, 0) is 44.5 Å². The molecule has 1 N–H and O–H groups in total. The number of likely N-dealkylation sites (tertiary alicyclic amines) is 1. The average molecular weight is 354 g/mol. The van der Waals surface area contributed by atoms with Crippen LogP contribution in [0, 0.1) is 5.92 Å². The predicted octanol–water partition coefficient (Wildman–Crippen LogP) is 2.72. The van der Waals surface area contributed by atoms with Crippen molar-refractivity contribution in [3.05, 3.63) is 35.9 Å². The highest BCUT2D eigenvalue weighted by molar-refractivity contribution is 5.26. The van der Waals surface area contributed by atoms with Gasteiger partial charge in [0.25, 0.3) is 0 Å². The van der Waals surface area contributed by atoms with Crippen molar-refractivity contribution in [2.24, 2.45) is 13.0 Å². The van der Waals surface area contributed by atoms with Crippen molar-refractivity contribution in [2.75, 3.05) is 25.5 Å². The fourth-order valence-corrected chi connectivity index (χ4v) is 3.44. The van der Waals surface area contributed by atoms with Crippen molar-refractivity contribution in [1.29, 1.82) is 0 Å². The number of anilines is 1. The Labute approximate surface area is 144 Å². The van der Waals surface area contributed by atoms with Crippen LogP contribution in [-0.4, -0.2) is 44.8 Å². The molecule has 0 aliphatic carbocycles. The van der Waals surface area contributed by atoms with E-state index in [2.05, 4.69) is 32.3 Å². The number of halogens is 3. The van der Waals surface area contributed by atoms with E-state index in [9.17, 15) is 13.2 Å². The summed E-state index contributed by atoms with van der Waals surface area (Å²) in [5.41, 5.74) is 0.160. The molecule has 2 atom stereocenters. The number of rotatable bonds is 4. The summed E-state index contributed by atoms with van der Waals surface area (Å²) >= 11 is 0. The number of aryl methyl sites for hydroxylation is 1. The van der Waals surface area contributed by atoms with E-state index in [1.807, 2.05) is 17.8 Å². The number of hydrogen-bond donors (Lipinski definition) is 1. The minimum Gasteiger partial charge on any atom is -0.354 e. The third-order valence-electron chi connectivity index (χ3n) is 4.64. The first-order valence-electron chi connectivity index (χ1n) is 8.18. The summed E-state index contributed by atoms with van der Waals surface area (Å²) < 4.78 is 40.2. The summed E-state index contributed by atoms with van der Waals surface area (Å²) in [5.74, 6) is 0.235. The largest absolute Gasteiger partial charge is 0.433 e. The van der Waals surface area contributed by atoms with E-state index in [0.29, 0.717) is 6.54 Å². The van der Waals surface area contributed by atoms with Gasteiger partial charge in [0.2, 0.25) is 5.95 Å². The van der Waals surface area contributed by atoms with Gasteiger partial charge in [-0.2, -0.15) is 18.3 Å². The highest BCUT2D eigenvalue weighted by Gasteiger charge is 2.34. The van der Waals surface area contributed by atoms with Crippen molar-refractivity contribution in [2.45, 2.75) is 25.1 Å². The second-order valence-corrected chi connectivity index (χ2v) is 6.35. The van der Waals surface area contributed by atoms with E-state index in [1.54, 1.807) is 6.20 Å². The first kappa shape index (κ1) is 17.7. The Morgan fingerprint density at radius 1 is 1.24 bits per heavy atom. The summed E-state index contributed by atoms with van der Waals surface area (Å²) in [4.78, 5) is 9.75. The lowest BCUT2D eigenvalue weighted by molar-refractivity contribution is -0.141. The summed E-state index contributed by atoms with van der Waals surface area (Å²) in [5, 5.41) is 7.22. The third-order valence-corrected chi connectivity index (χ3v) is 4.64. The Morgan fingerprint density at radius 3 is 2.72 bits per heavy atom. The number of nitrogens with zero attached hydrogens (tertiary/aromatic N) is 5.